The molecule has 66 valence electrons. The van der Waals surface area contributed by atoms with E-state index in [1.165, 1.54) is 5.82 Å². The van der Waals surface area contributed by atoms with Crippen molar-refractivity contribution in [3.05, 3.63) is 11.4 Å². The Morgan fingerprint density at radius 1 is 1.36 bits per heavy atom. The molecule has 3 nitrogen and oxygen atoms in total. The molecule has 0 aliphatic heterocycles. The summed E-state index contributed by atoms with van der Waals surface area (Å²) in [7, 11) is -3.03. The Morgan fingerprint density at radius 3 is 2.09 bits per heavy atom. The van der Waals surface area contributed by atoms with Crippen molar-refractivity contribution < 1.29 is 13.6 Å². The highest BCUT2D eigenvalue weighted by Gasteiger charge is 2.17. The van der Waals surface area contributed by atoms with Gasteiger partial charge in [0.05, 0.1) is 13.2 Å². The number of rotatable bonds is 5. The largest absolute Gasteiger partial charge is 0.355 e. The topological polar surface area (TPSA) is 35.5 Å². The maximum absolute atomic E-state index is 11.4. The van der Waals surface area contributed by atoms with Crippen molar-refractivity contribution in [3.8, 4) is 0 Å². The zero-order valence-electron chi connectivity index (χ0n) is 6.62. The van der Waals surface area contributed by atoms with Crippen LogP contribution in [0.4, 0.5) is 0 Å². The predicted octanol–water partition coefficient (Wildman–Crippen LogP) is 2.96. The van der Waals surface area contributed by atoms with Crippen molar-refractivity contribution in [2.75, 3.05) is 13.2 Å². The highest BCUT2D eigenvalue weighted by atomic mass is 35.5. The number of hydrogen-bond donors (Lipinski definition) is 0. The van der Waals surface area contributed by atoms with Gasteiger partial charge in [0.1, 0.15) is 0 Å². The first kappa shape index (κ1) is 11.2. The van der Waals surface area contributed by atoms with Crippen molar-refractivity contribution in [3.63, 3.8) is 0 Å². The summed E-state index contributed by atoms with van der Waals surface area (Å²) < 4.78 is 21.1. The van der Waals surface area contributed by atoms with Crippen LogP contribution >= 0.6 is 19.2 Å². The van der Waals surface area contributed by atoms with Crippen LogP contribution in [0.5, 0.6) is 0 Å². The molecule has 0 aromatic carbocycles. The maximum Gasteiger partial charge on any atom is 0.355 e. The van der Waals surface area contributed by atoms with E-state index in [0.29, 0.717) is 13.2 Å². The average Bonchev–Trinajstić information content (AvgIpc) is 1.88. The van der Waals surface area contributed by atoms with Crippen LogP contribution in [0.25, 0.3) is 0 Å². The fourth-order valence-corrected chi connectivity index (χ4v) is 2.07. The number of halogens is 1. The fraction of sp³-hybridized carbons (Fsp3) is 0.667. The first-order chi connectivity index (χ1) is 5.18. The van der Waals surface area contributed by atoms with E-state index in [-0.39, 0.29) is 0 Å². The summed E-state index contributed by atoms with van der Waals surface area (Å²) in [6, 6.07) is 0. The molecule has 0 amide bonds. The molecule has 11 heavy (non-hydrogen) atoms. The molecular weight excluding hydrogens is 186 g/mol. The second-order valence-electron chi connectivity index (χ2n) is 1.65. The first-order valence-electron chi connectivity index (χ1n) is 3.35. The third kappa shape index (κ3) is 4.59. The summed E-state index contributed by atoms with van der Waals surface area (Å²) in [4.78, 5) is 0. The van der Waals surface area contributed by atoms with Gasteiger partial charge < -0.3 is 9.05 Å². The minimum absolute atomic E-state index is 0.346. The van der Waals surface area contributed by atoms with Crippen LogP contribution in [0.1, 0.15) is 13.8 Å². The van der Waals surface area contributed by atoms with E-state index >= 15 is 0 Å². The smallest absolute Gasteiger partial charge is 0.306 e. The summed E-state index contributed by atoms with van der Waals surface area (Å²) >= 11 is 5.24. The highest BCUT2D eigenvalue weighted by molar-refractivity contribution is 7.57. The molecule has 0 bridgehead atoms. The molecule has 0 radical (unpaired) electrons. The van der Waals surface area contributed by atoms with Gasteiger partial charge in [-0.1, -0.05) is 11.6 Å². The van der Waals surface area contributed by atoms with Gasteiger partial charge in [-0.2, -0.15) is 0 Å². The minimum Gasteiger partial charge on any atom is -0.306 e. The maximum atomic E-state index is 11.4. The lowest BCUT2D eigenvalue weighted by Gasteiger charge is -2.11. The molecule has 0 saturated carbocycles. The van der Waals surface area contributed by atoms with Crippen LogP contribution in [-0.2, 0) is 13.6 Å². The van der Waals surface area contributed by atoms with Gasteiger partial charge in [-0.25, -0.2) is 0 Å². The van der Waals surface area contributed by atoms with E-state index < -0.39 is 7.60 Å². The van der Waals surface area contributed by atoms with Gasteiger partial charge in [0.15, 0.2) is 0 Å². The predicted molar refractivity (Wildman–Crippen MR) is 45.9 cm³/mol. The van der Waals surface area contributed by atoms with Crippen molar-refractivity contribution in [1.29, 1.82) is 0 Å². The van der Waals surface area contributed by atoms with Gasteiger partial charge in [-0.3, -0.25) is 4.57 Å². The Hall–Kier alpha value is 0.180. The van der Waals surface area contributed by atoms with Crippen LogP contribution in [0.2, 0.25) is 0 Å². The lowest BCUT2D eigenvalue weighted by molar-refractivity contribution is 0.229. The normalized spacial score (nSPS) is 12.6. The van der Waals surface area contributed by atoms with Gasteiger partial charge in [0.2, 0.25) is 0 Å². The lowest BCUT2D eigenvalue weighted by Crippen LogP contribution is -1.91. The van der Waals surface area contributed by atoms with Gasteiger partial charge in [0, 0.05) is 11.4 Å². The van der Waals surface area contributed by atoms with Crippen molar-refractivity contribution in [1.82, 2.24) is 0 Å². The van der Waals surface area contributed by atoms with Crippen LogP contribution in [0, 0.1) is 0 Å². The molecule has 5 heteroatoms. The Kier molecular flexibility index (Phi) is 5.88. The van der Waals surface area contributed by atoms with Crippen molar-refractivity contribution in [2.24, 2.45) is 0 Å². The first-order valence-corrected chi connectivity index (χ1v) is 5.40. The lowest BCUT2D eigenvalue weighted by atomic mass is 10.9. The van der Waals surface area contributed by atoms with E-state index in [1.807, 2.05) is 0 Å². The highest BCUT2D eigenvalue weighted by Crippen LogP contribution is 2.49. The third-order valence-electron chi connectivity index (χ3n) is 0.857. The molecule has 0 spiro atoms. The quantitative estimate of drug-likeness (QED) is 0.637. The molecule has 0 heterocycles. The molecule has 0 aromatic rings. The van der Waals surface area contributed by atoms with Crippen LogP contribution in [-0.4, -0.2) is 13.2 Å². The molecule has 0 aromatic heterocycles. The second-order valence-corrected chi connectivity index (χ2v) is 3.80. The van der Waals surface area contributed by atoms with Gasteiger partial charge in [-0.05, 0) is 13.8 Å². The molecular formula is C6H12ClO3P. The molecule has 0 aliphatic rings. The summed E-state index contributed by atoms with van der Waals surface area (Å²) in [6.07, 6.45) is 0. The molecule has 0 N–H and O–H groups in total. The molecule has 0 atom stereocenters. The van der Waals surface area contributed by atoms with E-state index in [9.17, 15) is 4.57 Å². The molecule has 0 unspecified atom stereocenters. The summed E-state index contributed by atoms with van der Waals surface area (Å²) in [6.45, 7) is 4.18. The van der Waals surface area contributed by atoms with Crippen LogP contribution < -0.4 is 0 Å². The minimum atomic E-state index is -3.03. The van der Waals surface area contributed by atoms with E-state index in [4.69, 9.17) is 20.6 Å². The SMILES string of the molecule is CCOP(=O)(/C=C/Cl)OCC. The molecule has 0 rings (SSSR count). The van der Waals surface area contributed by atoms with Gasteiger partial charge >= 0.3 is 7.60 Å². The second kappa shape index (κ2) is 5.78. The fourth-order valence-electron chi connectivity index (χ4n) is 0.552. The monoisotopic (exact) mass is 198 g/mol. The Labute approximate surface area is 71.9 Å². The molecule has 0 fully saturated rings. The zero-order valence-corrected chi connectivity index (χ0v) is 8.27. The third-order valence-corrected chi connectivity index (χ3v) is 2.91. The van der Waals surface area contributed by atoms with Gasteiger partial charge in [0.25, 0.3) is 0 Å². The van der Waals surface area contributed by atoms with Crippen molar-refractivity contribution >= 4 is 19.2 Å². The molecule has 0 aliphatic carbocycles. The molecule has 0 saturated heterocycles. The average molecular weight is 199 g/mol. The summed E-state index contributed by atoms with van der Waals surface area (Å²) in [5, 5.41) is 0. The summed E-state index contributed by atoms with van der Waals surface area (Å²) in [5.41, 5.74) is 1.14. The van der Waals surface area contributed by atoms with Crippen LogP contribution in [0.15, 0.2) is 11.4 Å². The Bertz CT molecular complexity index is 159. The Balaban J connectivity index is 4.14. The van der Waals surface area contributed by atoms with Crippen LogP contribution in [0.3, 0.4) is 0 Å². The van der Waals surface area contributed by atoms with Gasteiger partial charge in [-0.15, -0.1) is 0 Å². The summed E-state index contributed by atoms with van der Waals surface area (Å²) in [5.74, 6) is 1.24. The van der Waals surface area contributed by atoms with E-state index in [2.05, 4.69) is 0 Å². The van der Waals surface area contributed by atoms with E-state index in [1.54, 1.807) is 13.8 Å². The standard InChI is InChI=1S/C6H12ClO3P/c1-3-9-11(8,6-5-7)10-4-2/h5-6H,3-4H2,1-2H3/b6-5+. The zero-order chi connectivity index (χ0) is 8.74. The van der Waals surface area contributed by atoms with E-state index in [0.717, 1.165) is 5.54 Å². The number of hydrogen-bond acceptors (Lipinski definition) is 3. The Morgan fingerprint density at radius 2 is 1.82 bits per heavy atom. The van der Waals surface area contributed by atoms with Crippen molar-refractivity contribution in [2.45, 2.75) is 13.8 Å².